The number of hydrogen-bond donors (Lipinski definition) is 2. The Labute approximate surface area is 150 Å². The standard InChI is InChI=1S/C20H19N5O/c1-13-15(14-7-3-4-8-16(14)22-13)12-21-24-20(26)11-19-23-17-9-5-6-10-18(17)25(19)2/h3-10,12,22H,11H2,1-2H3,(H,24,26)/b21-12+. The number of hydrogen-bond acceptors (Lipinski definition) is 3. The van der Waals surface area contributed by atoms with Crippen molar-refractivity contribution in [2.75, 3.05) is 0 Å². The number of aromatic nitrogens is 3. The number of aryl methyl sites for hydroxylation is 2. The highest BCUT2D eigenvalue weighted by molar-refractivity contribution is 6.00. The van der Waals surface area contributed by atoms with Gasteiger partial charge in [0.05, 0.1) is 23.7 Å². The molecule has 26 heavy (non-hydrogen) atoms. The molecule has 0 saturated carbocycles. The van der Waals surface area contributed by atoms with Gasteiger partial charge in [-0.3, -0.25) is 4.79 Å². The SMILES string of the molecule is Cc1[nH]c2ccccc2c1/C=N/NC(=O)Cc1nc2ccccc2n1C. The van der Waals surface area contributed by atoms with Crippen LogP contribution in [0.3, 0.4) is 0 Å². The van der Waals surface area contributed by atoms with Crippen LogP contribution in [0.5, 0.6) is 0 Å². The fourth-order valence-corrected chi connectivity index (χ4v) is 3.17. The molecular weight excluding hydrogens is 326 g/mol. The number of nitrogens with one attached hydrogen (secondary N) is 2. The van der Waals surface area contributed by atoms with Crippen LogP contribution >= 0.6 is 0 Å². The Hall–Kier alpha value is -3.41. The number of benzene rings is 2. The first-order chi connectivity index (χ1) is 12.6. The second-order valence-electron chi connectivity index (χ2n) is 6.25. The van der Waals surface area contributed by atoms with Crippen LogP contribution in [0.25, 0.3) is 21.9 Å². The number of imidazole rings is 1. The minimum absolute atomic E-state index is 0.176. The van der Waals surface area contributed by atoms with Crippen LogP contribution in [-0.2, 0) is 18.3 Å². The van der Waals surface area contributed by atoms with Crippen LogP contribution in [0.1, 0.15) is 17.1 Å². The summed E-state index contributed by atoms with van der Waals surface area (Å²) in [4.78, 5) is 20.1. The van der Waals surface area contributed by atoms with Gasteiger partial charge in [0.25, 0.3) is 0 Å². The van der Waals surface area contributed by atoms with Crippen LogP contribution in [0.4, 0.5) is 0 Å². The third-order valence-corrected chi connectivity index (χ3v) is 4.52. The molecule has 2 aromatic carbocycles. The molecule has 0 aliphatic rings. The lowest BCUT2D eigenvalue weighted by Crippen LogP contribution is -2.21. The van der Waals surface area contributed by atoms with E-state index < -0.39 is 0 Å². The molecule has 2 aromatic heterocycles. The molecule has 0 atom stereocenters. The summed E-state index contributed by atoms with van der Waals surface area (Å²) in [5.74, 6) is 0.513. The average molecular weight is 345 g/mol. The van der Waals surface area contributed by atoms with Crippen molar-refractivity contribution >= 4 is 34.1 Å². The number of aromatic amines is 1. The van der Waals surface area contributed by atoms with Gasteiger partial charge in [0.1, 0.15) is 5.82 Å². The van der Waals surface area contributed by atoms with Crippen LogP contribution < -0.4 is 5.43 Å². The van der Waals surface area contributed by atoms with Crippen molar-refractivity contribution in [2.24, 2.45) is 12.1 Å². The normalized spacial score (nSPS) is 11.6. The quantitative estimate of drug-likeness (QED) is 0.441. The van der Waals surface area contributed by atoms with E-state index >= 15 is 0 Å². The zero-order valence-electron chi connectivity index (χ0n) is 14.7. The maximum absolute atomic E-state index is 12.2. The fraction of sp³-hybridized carbons (Fsp3) is 0.150. The zero-order valence-corrected chi connectivity index (χ0v) is 14.7. The topological polar surface area (TPSA) is 75.1 Å². The Morgan fingerprint density at radius 3 is 2.85 bits per heavy atom. The Morgan fingerprint density at radius 2 is 2.00 bits per heavy atom. The summed E-state index contributed by atoms with van der Waals surface area (Å²) >= 11 is 0. The number of para-hydroxylation sites is 3. The van der Waals surface area contributed by atoms with Gasteiger partial charge in [0.15, 0.2) is 0 Å². The Morgan fingerprint density at radius 1 is 1.23 bits per heavy atom. The zero-order chi connectivity index (χ0) is 18.1. The Kier molecular flexibility index (Phi) is 4.01. The van der Waals surface area contributed by atoms with E-state index in [9.17, 15) is 4.79 Å². The van der Waals surface area contributed by atoms with E-state index in [2.05, 4.69) is 20.5 Å². The van der Waals surface area contributed by atoms with Crippen molar-refractivity contribution in [1.29, 1.82) is 0 Å². The number of carbonyl (C=O) groups excluding carboxylic acids is 1. The van der Waals surface area contributed by atoms with Crippen LogP contribution in [0.2, 0.25) is 0 Å². The Bertz CT molecular complexity index is 1140. The van der Waals surface area contributed by atoms with Gasteiger partial charge in [-0.1, -0.05) is 30.3 Å². The molecular formula is C20H19N5O. The molecule has 4 aromatic rings. The van der Waals surface area contributed by atoms with Gasteiger partial charge in [0.2, 0.25) is 5.91 Å². The summed E-state index contributed by atoms with van der Waals surface area (Å²) in [6, 6.07) is 15.8. The summed E-state index contributed by atoms with van der Waals surface area (Å²) in [6.07, 6.45) is 1.86. The molecule has 0 spiro atoms. The maximum Gasteiger partial charge on any atom is 0.247 e. The molecule has 0 radical (unpaired) electrons. The van der Waals surface area contributed by atoms with Crippen molar-refractivity contribution < 1.29 is 4.79 Å². The van der Waals surface area contributed by atoms with E-state index in [1.807, 2.05) is 67.1 Å². The highest BCUT2D eigenvalue weighted by Gasteiger charge is 2.11. The van der Waals surface area contributed by atoms with E-state index in [4.69, 9.17) is 0 Å². The van der Waals surface area contributed by atoms with Crippen molar-refractivity contribution in [3.8, 4) is 0 Å². The third kappa shape index (κ3) is 2.86. The molecule has 2 heterocycles. The lowest BCUT2D eigenvalue weighted by Gasteiger charge is -2.01. The molecule has 0 fully saturated rings. The predicted octanol–water partition coefficient (Wildman–Crippen LogP) is 3.06. The average Bonchev–Trinajstić information content (AvgIpc) is 3.12. The first kappa shape index (κ1) is 16.1. The molecule has 4 rings (SSSR count). The number of H-pyrrole nitrogens is 1. The molecule has 0 aliphatic heterocycles. The summed E-state index contributed by atoms with van der Waals surface area (Å²) in [5, 5.41) is 5.20. The number of fused-ring (bicyclic) bond motifs is 2. The number of nitrogens with zero attached hydrogens (tertiary/aromatic N) is 3. The van der Waals surface area contributed by atoms with Crippen LogP contribution in [0.15, 0.2) is 53.6 Å². The smallest absolute Gasteiger partial charge is 0.247 e. The van der Waals surface area contributed by atoms with Crippen molar-refractivity contribution in [3.63, 3.8) is 0 Å². The highest BCUT2D eigenvalue weighted by Crippen LogP contribution is 2.19. The number of carbonyl (C=O) groups is 1. The summed E-state index contributed by atoms with van der Waals surface area (Å²) in [6.45, 7) is 1.99. The van der Waals surface area contributed by atoms with Gasteiger partial charge in [-0.25, -0.2) is 10.4 Å². The minimum atomic E-state index is -0.197. The van der Waals surface area contributed by atoms with Crippen LogP contribution in [-0.4, -0.2) is 26.7 Å². The molecule has 130 valence electrons. The van der Waals surface area contributed by atoms with Gasteiger partial charge >= 0.3 is 0 Å². The first-order valence-corrected chi connectivity index (χ1v) is 8.43. The van der Waals surface area contributed by atoms with Crippen molar-refractivity contribution in [3.05, 3.63) is 65.6 Å². The highest BCUT2D eigenvalue weighted by atomic mass is 16.2. The summed E-state index contributed by atoms with van der Waals surface area (Å²) in [7, 11) is 1.91. The Balaban J connectivity index is 1.49. The van der Waals surface area contributed by atoms with E-state index in [1.54, 1.807) is 6.21 Å². The molecule has 0 aliphatic carbocycles. The van der Waals surface area contributed by atoms with Crippen molar-refractivity contribution in [2.45, 2.75) is 13.3 Å². The van der Waals surface area contributed by atoms with Gasteiger partial charge in [-0.05, 0) is 25.1 Å². The minimum Gasteiger partial charge on any atom is -0.358 e. The maximum atomic E-state index is 12.2. The molecule has 6 heteroatoms. The van der Waals surface area contributed by atoms with Gasteiger partial charge in [-0.2, -0.15) is 5.10 Å². The van der Waals surface area contributed by atoms with Gasteiger partial charge in [0, 0.05) is 29.2 Å². The molecule has 0 unspecified atom stereocenters. The molecule has 0 saturated heterocycles. The van der Waals surface area contributed by atoms with Gasteiger partial charge < -0.3 is 9.55 Å². The van der Waals surface area contributed by atoms with E-state index in [1.165, 1.54) is 0 Å². The lowest BCUT2D eigenvalue weighted by atomic mass is 10.1. The van der Waals surface area contributed by atoms with Crippen LogP contribution in [0, 0.1) is 6.92 Å². The lowest BCUT2D eigenvalue weighted by molar-refractivity contribution is -0.120. The third-order valence-electron chi connectivity index (χ3n) is 4.52. The number of amides is 1. The predicted molar refractivity (Wildman–Crippen MR) is 103 cm³/mol. The fourth-order valence-electron chi connectivity index (χ4n) is 3.17. The van der Waals surface area contributed by atoms with Gasteiger partial charge in [-0.15, -0.1) is 0 Å². The molecule has 0 bridgehead atoms. The summed E-state index contributed by atoms with van der Waals surface area (Å²) in [5.41, 5.74) is 7.53. The number of rotatable bonds is 4. The monoisotopic (exact) mass is 345 g/mol. The molecule has 6 nitrogen and oxygen atoms in total. The summed E-state index contributed by atoms with van der Waals surface area (Å²) < 4.78 is 1.93. The first-order valence-electron chi connectivity index (χ1n) is 8.43. The van der Waals surface area contributed by atoms with Crippen molar-refractivity contribution in [1.82, 2.24) is 20.0 Å². The second kappa shape index (κ2) is 6.48. The molecule has 2 N–H and O–H groups in total. The van der Waals surface area contributed by atoms with E-state index in [-0.39, 0.29) is 12.3 Å². The molecule has 1 amide bonds. The second-order valence-corrected chi connectivity index (χ2v) is 6.25. The van der Waals surface area contributed by atoms with E-state index in [0.717, 1.165) is 33.2 Å². The van der Waals surface area contributed by atoms with E-state index in [0.29, 0.717) is 5.82 Å². The largest absolute Gasteiger partial charge is 0.358 e. The number of hydrazone groups is 1.